The summed E-state index contributed by atoms with van der Waals surface area (Å²) in [5, 5.41) is 5.70. The van der Waals surface area contributed by atoms with Crippen molar-refractivity contribution in [1.82, 2.24) is 5.32 Å². The van der Waals surface area contributed by atoms with E-state index in [0.717, 1.165) is 12.2 Å². The summed E-state index contributed by atoms with van der Waals surface area (Å²) < 4.78 is 4.98. The number of nitrogens with one attached hydrogen (secondary N) is 2. The van der Waals surface area contributed by atoms with Gasteiger partial charge in [-0.25, -0.2) is 0 Å². The number of hydrogen-bond donors (Lipinski definition) is 2. The van der Waals surface area contributed by atoms with Gasteiger partial charge in [0.1, 0.15) is 0 Å². The van der Waals surface area contributed by atoms with Crippen LogP contribution in [0.4, 0.5) is 5.69 Å². The standard InChI is InChI=1S/C22H28N2O3S/c1-16-11-17(2)13-18(12-16)14-28-15-21(25)24-20-8-5-4-7-19(20)22(26)23-9-6-10-27-3/h4-5,7-8,11-13H,6,9-10,14-15H2,1-3H3,(H,23,26)(H,24,25). The molecule has 0 bridgehead atoms. The molecule has 150 valence electrons. The van der Waals surface area contributed by atoms with Crippen molar-refractivity contribution >= 4 is 29.3 Å². The Labute approximate surface area is 171 Å². The topological polar surface area (TPSA) is 67.4 Å². The van der Waals surface area contributed by atoms with E-state index in [9.17, 15) is 9.59 Å². The number of aryl methyl sites for hydroxylation is 2. The summed E-state index contributed by atoms with van der Waals surface area (Å²) in [6.45, 7) is 5.27. The third-order valence-electron chi connectivity index (χ3n) is 4.04. The Kier molecular flexibility index (Phi) is 9.04. The van der Waals surface area contributed by atoms with Crippen LogP contribution < -0.4 is 10.6 Å². The first-order valence-corrected chi connectivity index (χ1v) is 10.5. The maximum atomic E-state index is 12.4. The molecule has 2 amide bonds. The van der Waals surface area contributed by atoms with Crippen LogP contribution in [0.25, 0.3) is 0 Å². The summed E-state index contributed by atoms with van der Waals surface area (Å²) in [4.78, 5) is 24.7. The molecule has 0 heterocycles. The van der Waals surface area contributed by atoms with Crippen molar-refractivity contribution in [2.24, 2.45) is 0 Å². The molecule has 6 heteroatoms. The van der Waals surface area contributed by atoms with Crippen LogP contribution in [0.3, 0.4) is 0 Å². The van der Waals surface area contributed by atoms with Gasteiger partial charge in [0.2, 0.25) is 5.91 Å². The lowest BCUT2D eigenvalue weighted by Crippen LogP contribution is -2.27. The van der Waals surface area contributed by atoms with Crippen molar-refractivity contribution < 1.29 is 14.3 Å². The van der Waals surface area contributed by atoms with Crippen LogP contribution in [0.15, 0.2) is 42.5 Å². The van der Waals surface area contributed by atoms with Gasteiger partial charge in [-0.15, -0.1) is 11.8 Å². The van der Waals surface area contributed by atoms with Crippen molar-refractivity contribution in [3.05, 3.63) is 64.7 Å². The Hall–Kier alpha value is -2.31. The highest BCUT2D eigenvalue weighted by Gasteiger charge is 2.12. The van der Waals surface area contributed by atoms with Crippen molar-refractivity contribution in [1.29, 1.82) is 0 Å². The number of amides is 2. The van der Waals surface area contributed by atoms with Gasteiger partial charge < -0.3 is 15.4 Å². The van der Waals surface area contributed by atoms with Gasteiger partial charge in [-0.2, -0.15) is 0 Å². The second-order valence-electron chi connectivity index (χ2n) is 6.68. The molecule has 28 heavy (non-hydrogen) atoms. The number of anilines is 1. The van der Waals surface area contributed by atoms with Gasteiger partial charge in [0, 0.05) is 26.0 Å². The monoisotopic (exact) mass is 400 g/mol. The van der Waals surface area contributed by atoms with E-state index in [1.807, 2.05) is 0 Å². The molecule has 0 saturated heterocycles. The molecule has 0 fully saturated rings. The number of hydrogen-bond acceptors (Lipinski definition) is 4. The van der Waals surface area contributed by atoms with E-state index in [2.05, 4.69) is 42.7 Å². The zero-order valence-corrected chi connectivity index (χ0v) is 17.5. The molecule has 0 aliphatic rings. The maximum Gasteiger partial charge on any atom is 0.253 e. The fourth-order valence-electron chi connectivity index (χ4n) is 2.90. The number of carbonyl (C=O) groups excluding carboxylic acids is 2. The number of methoxy groups -OCH3 is 1. The molecule has 2 aromatic carbocycles. The third kappa shape index (κ3) is 7.37. The molecule has 0 aromatic heterocycles. The van der Waals surface area contributed by atoms with Crippen LogP contribution >= 0.6 is 11.8 Å². The first-order chi connectivity index (χ1) is 13.5. The Balaban J connectivity index is 1.86. The van der Waals surface area contributed by atoms with Gasteiger partial charge in [0.25, 0.3) is 5.91 Å². The lowest BCUT2D eigenvalue weighted by Gasteiger charge is -2.11. The van der Waals surface area contributed by atoms with E-state index >= 15 is 0 Å². The Bertz CT molecular complexity index is 788. The number of benzene rings is 2. The van der Waals surface area contributed by atoms with Crippen molar-refractivity contribution in [3.8, 4) is 0 Å². The molecule has 0 saturated carbocycles. The summed E-state index contributed by atoms with van der Waals surface area (Å²) in [7, 11) is 1.63. The highest BCUT2D eigenvalue weighted by Crippen LogP contribution is 2.18. The van der Waals surface area contributed by atoms with Crippen LogP contribution in [0.5, 0.6) is 0 Å². The molecular weight excluding hydrogens is 372 g/mol. The van der Waals surface area contributed by atoms with E-state index in [-0.39, 0.29) is 11.8 Å². The SMILES string of the molecule is COCCCNC(=O)c1ccccc1NC(=O)CSCc1cc(C)cc(C)c1. The fourth-order valence-corrected chi connectivity index (χ4v) is 3.67. The van der Waals surface area contributed by atoms with Crippen LogP contribution in [-0.2, 0) is 15.3 Å². The van der Waals surface area contributed by atoms with Gasteiger partial charge in [0.15, 0.2) is 0 Å². The van der Waals surface area contributed by atoms with Crippen molar-refractivity contribution in [2.75, 3.05) is 31.3 Å². The molecule has 0 atom stereocenters. The van der Waals surface area contributed by atoms with Crippen LogP contribution in [0.2, 0.25) is 0 Å². The number of carbonyl (C=O) groups is 2. The number of para-hydroxylation sites is 1. The van der Waals surface area contributed by atoms with Gasteiger partial charge in [-0.05, 0) is 38.0 Å². The average Bonchev–Trinajstić information content (AvgIpc) is 2.65. The summed E-state index contributed by atoms with van der Waals surface area (Å²) in [5.74, 6) is 0.790. The van der Waals surface area contributed by atoms with E-state index in [1.165, 1.54) is 16.7 Å². The Morgan fingerprint density at radius 3 is 2.50 bits per heavy atom. The van der Waals surface area contributed by atoms with Crippen molar-refractivity contribution in [2.45, 2.75) is 26.0 Å². The molecule has 0 aliphatic carbocycles. The summed E-state index contributed by atoms with van der Waals surface area (Å²) >= 11 is 1.56. The highest BCUT2D eigenvalue weighted by atomic mass is 32.2. The summed E-state index contributed by atoms with van der Waals surface area (Å²) in [6, 6.07) is 13.5. The van der Waals surface area contributed by atoms with Crippen LogP contribution in [-0.4, -0.2) is 37.8 Å². The van der Waals surface area contributed by atoms with Gasteiger partial charge >= 0.3 is 0 Å². The summed E-state index contributed by atoms with van der Waals surface area (Å²) in [6.07, 6.45) is 0.742. The molecule has 0 spiro atoms. The van der Waals surface area contributed by atoms with Crippen molar-refractivity contribution in [3.63, 3.8) is 0 Å². The van der Waals surface area contributed by atoms with Crippen LogP contribution in [0.1, 0.15) is 33.5 Å². The maximum absolute atomic E-state index is 12.4. The number of rotatable bonds is 10. The normalized spacial score (nSPS) is 10.5. The number of ether oxygens (including phenoxy) is 1. The Morgan fingerprint density at radius 2 is 1.79 bits per heavy atom. The lowest BCUT2D eigenvalue weighted by molar-refractivity contribution is -0.113. The quantitative estimate of drug-likeness (QED) is 0.593. The summed E-state index contributed by atoms with van der Waals surface area (Å²) in [5.41, 5.74) is 4.67. The lowest BCUT2D eigenvalue weighted by atomic mass is 10.1. The van der Waals surface area contributed by atoms with E-state index < -0.39 is 0 Å². The predicted octanol–water partition coefficient (Wildman–Crippen LogP) is 3.94. The average molecular weight is 401 g/mol. The molecule has 2 N–H and O–H groups in total. The van der Waals surface area contributed by atoms with Crippen LogP contribution in [0, 0.1) is 13.8 Å². The Morgan fingerprint density at radius 1 is 1.07 bits per heavy atom. The van der Waals surface area contributed by atoms with E-state index in [0.29, 0.717) is 30.2 Å². The molecule has 0 radical (unpaired) electrons. The molecule has 2 aromatic rings. The van der Waals surface area contributed by atoms with Gasteiger partial charge in [0.05, 0.1) is 17.0 Å². The molecule has 0 unspecified atom stereocenters. The minimum atomic E-state index is -0.199. The van der Waals surface area contributed by atoms with Gasteiger partial charge in [-0.1, -0.05) is 41.5 Å². The zero-order valence-electron chi connectivity index (χ0n) is 16.7. The first-order valence-electron chi connectivity index (χ1n) is 9.30. The minimum Gasteiger partial charge on any atom is -0.385 e. The predicted molar refractivity (Wildman–Crippen MR) is 116 cm³/mol. The molecular formula is C22H28N2O3S. The zero-order chi connectivity index (χ0) is 20.4. The first kappa shape index (κ1) is 22.0. The largest absolute Gasteiger partial charge is 0.385 e. The third-order valence-corrected chi connectivity index (χ3v) is 5.04. The molecule has 2 rings (SSSR count). The van der Waals surface area contributed by atoms with E-state index in [4.69, 9.17) is 4.74 Å². The smallest absolute Gasteiger partial charge is 0.253 e. The fraction of sp³-hybridized carbons (Fsp3) is 0.364. The van der Waals surface area contributed by atoms with E-state index in [1.54, 1.807) is 43.1 Å². The van der Waals surface area contributed by atoms with Gasteiger partial charge in [-0.3, -0.25) is 9.59 Å². The molecule has 0 aliphatic heterocycles. The minimum absolute atomic E-state index is 0.117. The highest BCUT2D eigenvalue weighted by molar-refractivity contribution is 7.99. The second-order valence-corrected chi connectivity index (χ2v) is 7.67. The second kappa shape index (κ2) is 11.5. The molecule has 5 nitrogen and oxygen atoms in total. The number of thioether (sulfide) groups is 1.